The van der Waals surface area contributed by atoms with Gasteiger partial charge in [0.2, 0.25) is 5.91 Å². The molecule has 1 N–H and O–H groups in total. The topological polar surface area (TPSA) is 77.2 Å². The van der Waals surface area contributed by atoms with Crippen molar-refractivity contribution in [3.05, 3.63) is 64.5 Å². The molecule has 0 aliphatic heterocycles. The molecule has 3 rings (SSSR count). The van der Waals surface area contributed by atoms with Crippen molar-refractivity contribution in [2.75, 3.05) is 5.32 Å². The first-order valence-corrected chi connectivity index (χ1v) is 9.92. The monoisotopic (exact) mass is 417 g/mol. The minimum absolute atomic E-state index is 0.125. The van der Waals surface area contributed by atoms with Crippen molar-refractivity contribution in [2.24, 2.45) is 0 Å². The standard InChI is InChI=1S/C20H20ClN3O3S/c1-12-5-4-6-13(2)18(12)22-19(25)14(3)28-20-24-23-17(27-20)11-26-16-9-7-15(21)8-10-16/h4-10,14H,11H2,1-3H3,(H,22,25)/t14-/m1/s1. The molecule has 28 heavy (non-hydrogen) atoms. The summed E-state index contributed by atoms with van der Waals surface area (Å²) >= 11 is 7.04. The maximum atomic E-state index is 12.5. The minimum Gasteiger partial charge on any atom is -0.484 e. The molecule has 146 valence electrons. The number of thioether (sulfide) groups is 1. The number of carbonyl (C=O) groups is 1. The second-order valence-corrected chi connectivity index (χ2v) is 7.95. The van der Waals surface area contributed by atoms with Gasteiger partial charge in [0.05, 0.1) is 5.25 Å². The highest BCUT2D eigenvalue weighted by atomic mass is 35.5. The van der Waals surface area contributed by atoms with Crippen molar-refractivity contribution >= 4 is 35.0 Å². The first-order valence-electron chi connectivity index (χ1n) is 8.67. The first kappa shape index (κ1) is 20.2. The SMILES string of the molecule is Cc1cccc(C)c1NC(=O)[C@@H](C)Sc1nnc(COc2ccc(Cl)cc2)o1. The van der Waals surface area contributed by atoms with Crippen molar-refractivity contribution < 1.29 is 13.9 Å². The summed E-state index contributed by atoms with van der Waals surface area (Å²) in [6.45, 7) is 5.86. The highest BCUT2D eigenvalue weighted by Crippen LogP contribution is 2.25. The zero-order valence-corrected chi connectivity index (χ0v) is 17.3. The molecule has 0 saturated carbocycles. The molecule has 0 aliphatic rings. The van der Waals surface area contributed by atoms with Gasteiger partial charge in [0.25, 0.3) is 11.1 Å². The van der Waals surface area contributed by atoms with Gasteiger partial charge in [-0.15, -0.1) is 10.2 Å². The van der Waals surface area contributed by atoms with E-state index in [4.69, 9.17) is 20.8 Å². The molecule has 0 spiro atoms. The van der Waals surface area contributed by atoms with E-state index in [0.29, 0.717) is 21.9 Å². The Bertz CT molecular complexity index is 939. The number of halogens is 1. The van der Waals surface area contributed by atoms with E-state index in [1.807, 2.05) is 32.0 Å². The molecule has 0 bridgehead atoms. The second-order valence-electron chi connectivity index (χ2n) is 6.22. The molecule has 0 fully saturated rings. The predicted molar refractivity (Wildman–Crippen MR) is 110 cm³/mol. The van der Waals surface area contributed by atoms with Crippen molar-refractivity contribution in [3.63, 3.8) is 0 Å². The van der Waals surface area contributed by atoms with Gasteiger partial charge in [-0.2, -0.15) is 0 Å². The second kappa shape index (κ2) is 9.12. The maximum absolute atomic E-state index is 12.5. The highest BCUT2D eigenvalue weighted by molar-refractivity contribution is 8.00. The smallest absolute Gasteiger partial charge is 0.277 e. The molecule has 6 nitrogen and oxygen atoms in total. The van der Waals surface area contributed by atoms with E-state index in [1.54, 1.807) is 31.2 Å². The van der Waals surface area contributed by atoms with E-state index in [-0.39, 0.29) is 12.5 Å². The highest BCUT2D eigenvalue weighted by Gasteiger charge is 2.19. The van der Waals surface area contributed by atoms with Crippen molar-refractivity contribution in [3.8, 4) is 5.75 Å². The number of nitrogens with one attached hydrogen (secondary N) is 1. The summed E-state index contributed by atoms with van der Waals surface area (Å²) in [6.07, 6.45) is 0. The number of amides is 1. The van der Waals surface area contributed by atoms with E-state index >= 15 is 0 Å². The Labute approximate surface area is 172 Å². The molecule has 0 aliphatic carbocycles. The normalized spacial score (nSPS) is 11.9. The van der Waals surface area contributed by atoms with E-state index in [0.717, 1.165) is 16.8 Å². The lowest BCUT2D eigenvalue weighted by atomic mass is 10.1. The van der Waals surface area contributed by atoms with Crippen LogP contribution in [0.4, 0.5) is 5.69 Å². The molecule has 0 unspecified atom stereocenters. The summed E-state index contributed by atoms with van der Waals surface area (Å²) in [5.41, 5.74) is 2.87. The molecule has 1 heterocycles. The summed E-state index contributed by atoms with van der Waals surface area (Å²) in [7, 11) is 0. The van der Waals surface area contributed by atoms with Crippen LogP contribution in [0.1, 0.15) is 23.9 Å². The summed E-state index contributed by atoms with van der Waals surface area (Å²) in [4.78, 5) is 12.5. The minimum atomic E-state index is -0.399. The van der Waals surface area contributed by atoms with Gasteiger partial charge in [0.1, 0.15) is 5.75 Å². The van der Waals surface area contributed by atoms with Crippen LogP contribution >= 0.6 is 23.4 Å². The van der Waals surface area contributed by atoms with Crippen LogP contribution in [0.25, 0.3) is 0 Å². The zero-order valence-electron chi connectivity index (χ0n) is 15.7. The van der Waals surface area contributed by atoms with E-state index in [9.17, 15) is 4.79 Å². The summed E-state index contributed by atoms with van der Waals surface area (Å²) in [5.74, 6) is 0.859. The Hall–Kier alpha value is -2.51. The Morgan fingerprint density at radius 2 is 1.86 bits per heavy atom. The quantitative estimate of drug-likeness (QED) is 0.543. The van der Waals surface area contributed by atoms with Crippen molar-refractivity contribution in [1.29, 1.82) is 0 Å². The van der Waals surface area contributed by atoms with E-state index in [2.05, 4.69) is 15.5 Å². The Balaban J connectivity index is 1.55. The number of aryl methyl sites for hydroxylation is 2. The number of ether oxygens (including phenoxy) is 1. The van der Waals surface area contributed by atoms with Crippen LogP contribution < -0.4 is 10.1 Å². The number of rotatable bonds is 7. The summed E-state index contributed by atoms with van der Waals surface area (Å²) < 4.78 is 11.1. The van der Waals surface area contributed by atoms with Gasteiger partial charge in [-0.3, -0.25) is 4.79 Å². The van der Waals surface area contributed by atoms with Crippen LogP contribution in [0.3, 0.4) is 0 Å². The lowest BCUT2D eigenvalue weighted by molar-refractivity contribution is -0.115. The largest absolute Gasteiger partial charge is 0.484 e. The lowest BCUT2D eigenvalue weighted by Gasteiger charge is -2.14. The summed E-state index contributed by atoms with van der Waals surface area (Å²) in [5, 5.41) is 11.5. The fraction of sp³-hybridized carbons (Fsp3) is 0.250. The molecule has 8 heteroatoms. The van der Waals surface area contributed by atoms with Crippen LogP contribution in [0, 0.1) is 13.8 Å². The Morgan fingerprint density at radius 3 is 2.54 bits per heavy atom. The van der Waals surface area contributed by atoms with Gasteiger partial charge < -0.3 is 14.5 Å². The van der Waals surface area contributed by atoms with Gasteiger partial charge in [0.15, 0.2) is 6.61 Å². The van der Waals surface area contributed by atoms with Crippen LogP contribution in [0.5, 0.6) is 5.75 Å². The third kappa shape index (κ3) is 5.27. The number of hydrogen-bond acceptors (Lipinski definition) is 6. The summed E-state index contributed by atoms with van der Waals surface area (Å²) in [6, 6.07) is 12.9. The van der Waals surface area contributed by atoms with E-state index in [1.165, 1.54) is 11.8 Å². The Morgan fingerprint density at radius 1 is 1.18 bits per heavy atom. The van der Waals surface area contributed by atoms with Crippen LogP contribution in [0.2, 0.25) is 5.02 Å². The maximum Gasteiger partial charge on any atom is 0.277 e. The van der Waals surface area contributed by atoms with Gasteiger partial charge in [-0.1, -0.05) is 41.6 Å². The zero-order chi connectivity index (χ0) is 20.1. The number of anilines is 1. The first-order chi connectivity index (χ1) is 13.4. The number of aromatic nitrogens is 2. The predicted octanol–water partition coefficient (Wildman–Crippen LogP) is 5.04. The lowest BCUT2D eigenvalue weighted by Crippen LogP contribution is -2.23. The number of carbonyl (C=O) groups excluding carboxylic acids is 1. The average Bonchev–Trinajstić information content (AvgIpc) is 3.11. The molecule has 1 amide bonds. The molecule has 2 aromatic carbocycles. The number of para-hydroxylation sites is 1. The molecule has 1 aromatic heterocycles. The molecular weight excluding hydrogens is 398 g/mol. The molecule has 3 aromatic rings. The van der Waals surface area contributed by atoms with Gasteiger partial charge >= 0.3 is 0 Å². The fourth-order valence-electron chi connectivity index (χ4n) is 2.46. The number of benzene rings is 2. The van der Waals surface area contributed by atoms with Gasteiger partial charge in [-0.25, -0.2) is 0 Å². The van der Waals surface area contributed by atoms with Crippen LogP contribution in [-0.2, 0) is 11.4 Å². The fourth-order valence-corrected chi connectivity index (χ4v) is 3.29. The molecule has 1 atom stereocenters. The Kier molecular flexibility index (Phi) is 6.59. The molecule has 0 saturated heterocycles. The van der Waals surface area contributed by atoms with Crippen LogP contribution in [-0.4, -0.2) is 21.4 Å². The third-order valence-corrected chi connectivity index (χ3v) is 5.19. The third-order valence-electron chi connectivity index (χ3n) is 4.00. The molecule has 0 radical (unpaired) electrons. The van der Waals surface area contributed by atoms with Gasteiger partial charge in [0, 0.05) is 10.7 Å². The van der Waals surface area contributed by atoms with Crippen molar-refractivity contribution in [1.82, 2.24) is 10.2 Å². The molecular formula is C20H20ClN3O3S. The number of hydrogen-bond donors (Lipinski definition) is 1. The van der Waals surface area contributed by atoms with Crippen molar-refractivity contribution in [2.45, 2.75) is 37.9 Å². The van der Waals surface area contributed by atoms with Crippen LogP contribution in [0.15, 0.2) is 52.1 Å². The average molecular weight is 418 g/mol. The number of nitrogens with zero attached hydrogens (tertiary/aromatic N) is 2. The van der Waals surface area contributed by atoms with Gasteiger partial charge in [-0.05, 0) is 56.2 Å². The van der Waals surface area contributed by atoms with E-state index < -0.39 is 5.25 Å².